The Hall–Kier alpha value is -1.06. The standard InChI is InChI=1S/C14H23NO2/c1-11-5-6-14(9-12(11)2)17-13(3)10-15-7-8-16-4/h5-6,9,13,15H,7-8,10H2,1-4H3. The van der Waals surface area contributed by atoms with Crippen LogP contribution in [0.1, 0.15) is 18.1 Å². The average Bonchev–Trinajstić information content (AvgIpc) is 2.30. The van der Waals surface area contributed by atoms with Gasteiger partial charge in [0.25, 0.3) is 0 Å². The van der Waals surface area contributed by atoms with Crippen LogP contribution in [-0.2, 0) is 4.74 Å². The van der Waals surface area contributed by atoms with E-state index in [1.54, 1.807) is 7.11 Å². The van der Waals surface area contributed by atoms with Crippen LogP contribution >= 0.6 is 0 Å². The number of hydrogen-bond donors (Lipinski definition) is 1. The largest absolute Gasteiger partial charge is 0.489 e. The molecule has 0 saturated heterocycles. The molecule has 0 amide bonds. The van der Waals surface area contributed by atoms with Crippen molar-refractivity contribution in [1.29, 1.82) is 0 Å². The van der Waals surface area contributed by atoms with Gasteiger partial charge in [-0.15, -0.1) is 0 Å². The summed E-state index contributed by atoms with van der Waals surface area (Å²) in [5.74, 6) is 0.939. The Labute approximate surface area is 104 Å². The van der Waals surface area contributed by atoms with Crippen molar-refractivity contribution in [3.05, 3.63) is 29.3 Å². The van der Waals surface area contributed by atoms with E-state index in [0.29, 0.717) is 0 Å². The highest BCUT2D eigenvalue weighted by atomic mass is 16.5. The van der Waals surface area contributed by atoms with E-state index in [9.17, 15) is 0 Å². The van der Waals surface area contributed by atoms with E-state index < -0.39 is 0 Å². The van der Waals surface area contributed by atoms with Gasteiger partial charge < -0.3 is 14.8 Å². The van der Waals surface area contributed by atoms with Gasteiger partial charge in [-0.2, -0.15) is 0 Å². The van der Waals surface area contributed by atoms with Gasteiger partial charge in [0.15, 0.2) is 0 Å². The van der Waals surface area contributed by atoms with Crippen molar-refractivity contribution in [3.8, 4) is 5.75 Å². The molecule has 17 heavy (non-hydrogen) atoms. The number of ether oxygens (including phenoxy) is 2. The maximum absolute atomic E-state index is 5.83. The molecule has 1 unspecified atom stereocenters. The van der Waals surface area contributed by atoms with E-state index in [0.717, 1.165) is 25.4 Å². The molecular formula is C14H23NO2. The Morgan fingerprint density at radius 3 is 2.65 bits per heavy atom. The fourth-order valence-corrected chi connectivity index (χ4v) is 1.54. The monoisotopic (exact) mass is 237 g/mol. The fraction of sp³-hybridized carbons (Fsp3) is 0.571. The summed E-state index contributed by atoms with van der Waals surface area (Å²) in [5, 5.41) is 3.28. The SMILES string of the molecule is COCCNCC(C)Oc1ccc(C)c(C)c1. The molecule has 0 radical (unpaired) electrons. The van der Waals surface area contributed by atoms with Crippen molar-refractivity contribution in [1.82, 2.24) is 5.32 Å². The molecule has 0 aliphatic carbocycles. The Morgan fingerprint density at radius 2 is 2.00 bits per heavy atom. The van der Waals surface area contributed by atoms with Gasteiger partial charge in [0.1, 0.15) is 11.9 Å². The molecule has 0 heterocycles. The van der Waals surface area contributed by atoms with E-state index in [2.05, 4.69) is 38.2 Å². The number of nitrogens with one attached hydrogen (secondary N) is 1. The number of hydrogen-bond acceptors (Lipinski definition) is 3. The lowest BCUT2D eigenvalue weighted by molar-refractivity contribution is 0.184. The summed E-state index contributed by atoms with van der Waals surface area (Å²) in [5.41, 5.74) is 2.56. The molecular weight excluding hydrogens is 214 g/mol. The van der Waals surface area contributed by atoms with Crippen molar-refractivity contribution >= 4 is 0 Å². The van der Waals surface area contributed by atoms with Gasteiger partial charge in [-0.1, -0.05) is 6.07 Å². The molecule has 1 aromatic carbocycles. The topological polar surface area (TPSA) is 30.5 Å². The molecule has 1 atom stereocenters. The molecule has 0 aliphatic rings. The predicted molar refractivity (Wildman–Crippen MR) is 70.8 cm³/mol. The van der Waals surface area contributed by atoms with Gasteiger partial charge >= 0.3 is 0 Å². The van der Waals surface area contributed by atoms with Gasteiger partial charge in [-0.05, 0) is 44.0 Å². The summed E-state index contributed by atoms with van der Waals surface area (Å²) in [6, 6.07) is 6.20. The van der Waals surface area contributed by atoms with Crippen LogP contribution < -0.4 is 10.1 Å². The van der Waals surface area contributed by atoms with E-state index in [-0.39, 0.29) is 6.10 Å². The summed E-state index contributed by atoms with van der Waals surface area (Å²) in [6.45, 7) is 8.69. The van der Waals surface area contributed by atoms with Crippen molar-refractivity contribution in [3.63, 3.8) is 0 Å². The van der Waals surface area contributed by atoms with Crippen LogP contribution in [0.25, 0.3) is 0 Å². The molecule has 0 aliphatic heterocycles. The second-order valence-electron chi connectivity index (χ2n) is 4.37. The summed E-state index contributed by atoms with van der Waals surface area (Å²) < 4.78 is 10.8. The minimum atomic E-state index is 0.161. The zero-order valence-corrected chi connectivity index (χ0v) is 11.2. The van der Waals surface area contributed by atoms with Gasteiger partial charge in [-0.25, -0.2) is 0 Å². The van der Waals surface area contributed by atoms with Crippen molar-refractivity contribution in [2.24, 2.45) is 0 Å². The molecule has 0 bridgehead atoms. The van der Waals surface area contributed by atoms with Gasteiger partial charge in [-0.3, -0.25) is 0 Å². The minimum absolute atomic E-state index is 0.161. The zero-order valence-electron chi connectivity index (χ0n) is 11.2. The first-order valence-electron chi connectivity index (χ1n) is 6.07. The molecule has 0 saturated carbocycles. The third-order valence-corrected chi connectivity index (χ3v) is 2.73. The second kappa shape index (κ2) is 7.30. The van der Waals surface area contributed by atoms with E-state index in [1.165, 1.54) is 11.1 Å². The fourth-order valence-electron chi connectivity index (χ4n) is 1.54. The molecule has 1 N–H and O–H groups in total. The second-order valence-corrected chi connectivity index (χ2v) is 4.37. The molecule has 3 nitrogen and oxygen atoms in total. The molecule has 1 aromatic rings. The lowest BCUT2D eigenvalue weighted by atomic mass is 10.1. The third-order valence-electron chi connectivity index (χ3n) is 2.73. The van der Waals surface area contributed by atoms with Gasteiger partial charge in [0.05, 0.1) is 6.61 Å². The van der Waals surface area contributed by atoms with Crippen LogP contribution in [0.4, 0.5) is 0 Å². The molecule has 96 valence electrons. The van der Waals surface area contributed by atoms with Crippen molar-refractivity contribution in [2.75, 3.05) is 26.8 Å². The Balaban J connectivity index is 2.34. The van der Waals surface area contributed by atoms with Crippen LogP contribution in [-0.4, -0.2) is 32.9 Å². The Morgan fingerprint density at radius 1 is 1.24 bits per heavy atom. The van der Waals surface area contributed by atoms with Crippen LogP contribution in [0.15, 0.2) is 18.2 Å². The number of benzene rings is 1. The van der Waals surface area contributed by atoms with E-state index in [4.69, 9.17) is 9.47 Å². The molecule has 1 rings (SSSR count). The van der Waals surface area contributed by atoms with Crippen molar-refractivity contribution in [2.45, 2.75) is 26.9 Å². The Kier molecular flexibility index (Phi) is 6.01. The summed E-state index contributed by atoms with van der Waals surface area (Å²) >= 11 is 0. The average molecular weight is 237 g/mol. The van der Waals surface area contributed by atoms with Gasteiger partial charge in [0.2, 0.25) is 0 Å². The first-order chi connectivity index (χ1) is 8.13. The maximum Gasteiger partial charge on any atom is 0.120 e. The van der Waals surface area contributed by atoms with Crippen LogP contribution in [0.5, 0.6) is 5.75 Å². The lowest BCUT2D eigenvalue weighted by Crippen LogP contribution is -2.31. The molecule has 3 heteroatoms. The summed E-state index contributed by atoms with van der Waals surface area (Å²) in [7, 11) is 1.71. The zero-order chi connectivity index (χ0) is 12.7. The quantitative estimate of drug-likeness (QED) is 0.738. The highest BCUT2D eigenvalue weighted by Crippen LogP contribution is 2.17. The molecule has 0 aromatic heterocycles. The predicted octanol–water partition coefficient (Wildman–Crippen LogP) is 2.31. The minimum Gasteiger partial charge on any atom is -0.489 e. The highest BCUT2D eigenvalue weighted by Gasteiger charge is 2.04. The number of methoxy groups -OCH3 is 1. The first kappa shape index (κ1) is 14.0. The maximum atomic E-state index is 5.83. The number of rotatable bonds is 7. The molecule has 0 fully saturated rings. The van der Waals surface area contributed by atoms with Crippen LogP contribution in [0, 0.1) is 13.8 Å². The lowest BCUT2D eigenvalue weighted by Gasteiger charge is -2.16. The Bertz CT molecular complexity index is 339. The normalized spacial score (nSPS) is 12.5. The van der Waals surface area contributed by atoms with E-state index in [1.807, 2.05) is 6.07 Å². The van der Waals surface area contributed by atoms with Crippen LogP contribution in [0.3, 0.4) is 0 Å². The number of aryl methyl sites for hydroxylation is 2. The molecule has 0 spiro atoms. The van der Waals surface area contributed by atoms with Crippen LogP contribution in [0.2, 0.25) is 0 Å². The summed E-state index contributed by atoms with van der Waals surface area (Å²) in [6.07, 6.45) is 0.161. The van der Waals surface area contributed by atoms with Crippen molar-refractivity contribution < 1.29 is 9.47 Å². The van der Waals surface area contributed by atoms with E-state index >= 15 is 0 Å². The van der Waals surface area contributed by atoms with Gasteiger partial charge in [0, 0.05) is 20.2 Å². The first-order valence-corrected chi connectivity index (χ1v) is 6.07. The summed E-state index contributed by atoms with van der Waals surface area (Å²) in [4.78, 5) is 0. The highest BCUT2D eigenvalue weighted by molar-refractivity contribution is 5.33. The third kappa shape index (κ3) is 5.20. The smallest absolute Gasteiger partial charge is 0.120 e.